The van der Waals surface area contributed by atoms with E-state index in [4.69, 9.17) is 0 Å². The molecule has 3 nitrogen and oxygen atoms in total. The third-order valence-electron chi connectivity index (χ3n) is 3.27. The molecule has 1 aliphatic rings. The van der Waals surface area contributed by atoms with Crippen LogP contribution in [0.4, 0.5) is 0 Å². The normalized spacial score (nSPS) is 19.5. The fourth-order valence-electron chi connectivity index (χ4n) is 2.17. The van der Waals surface area contributed by atoms with Crippen LogP contribution in [0, 0.1) is 0 Å². The molecule has 0 fully saturated rings. The van der Waals surface area contributed by atoms with Gasteiger partial charge in [-0.1, -0.05) is 24.3 Å². The van der Waals surface area contributed by atoms with Gasteiger partial charge in [0.15, 0.2) is 0 Å². The zero-order valence-electron chi connectivity index (χ0n) is 9.79. The molecule has 0 bridgehead atoms. The van der Waals surface area contributed by atoms with Gasteiger partial charge in [0.2, 0.25) is 5.91 Å². The third-order valence-corrected chi connectivity index (χ3v) is 3.27. The maximum Gasteiger partial charge on any atom is 0.236 e. The van der Waals surface area contributed by atoms with Gasteiger partial charge in [-0.3, -0.25) is 4.79 Å². The first-order valence-electron chi connectivity index (χ1n) is 5.75. The van der Waals surface area contributed by atoms with Gasteiger partial charge in [0, 0.05) is 19.5 Å². The highest BCUT2D eigenvalue weighted by Crippen LogP contribution is 2.33. The van der Waals surface area contributed by atoms with Gasteiger partial charge in [-0.05, 0) is 24.5 Å². The molecular formula is C13H18N2O. The van der Waals surface area contributed by atoms with Gasteiger partial charge in [-0.2, -0.15) is 0 Å². The molecule has 0 aromatic heterocycles. The van der Waals surface area contributed by atoms with E-state index in [1.165, 1.54) is 11.1 Å². The number of carbonyl (C=O) groups is 1. The average Bonchev–Trinajstić information content (AvgIpc) is 2.29. The van der Waals surface area contributed by atoms with Crippen LogP contribution < -0.4 is 10.6 Å². The van der Waals surface area contributed by atoms with Gasteiger partial charge in [-0.25, -0.2) is 0 Å². The zero-order valence-corrected chi connectivity index (χ0v) is 9.79. The Morgan fingerprint density at radius 2 is 2.25 bits per heavy atom. The number of likely N-dealkylation sites (N-methyl/N-ethyl adjacent to an activating group) is 1. The second-order valence-electron chi connectivity index (χ2n) is 4.34. The lowest BCUT2D eigenvalue weighted by molar-refractivity contribution is -0.122. The molecule has 1 aromatic carbocycles. The Labute approximate surface area is 96.2 Å². The van der Waals surface area contributed by atoms with Crippen molar-refractivity contribution in [3.05, 3.63) is 35.4 Å². The Kier molecular flexibility index (Phi) is 3.25. The van der Waals surface area contributed by atoms with Crippen molar-refractivity contribution in [2.24, 2.45) is 0 Å². The van der Waals surface area contributed by atoms with E-state index in [-0.39, 0.29) is 11.9 Å². The van der Waals surface area contributed by atoms with Crippen LogP contribution in [0.5, 0.6) is 0 Å². The standard InChI is InChI=1S/C13H18N2O/c1-9(13(16)14-2)15-8-11-7-10-5-3-4-6-12(10)11/h3-6,9,11,15H,7-8H2,1-2H3,(H,14,16). The quantitative estimate of drug-likeness (QED) is 0.793. The fraction of sp³-hybridized carbons (Fsp3) is 0.462. The van der Waals surface area contributed by atoms with E-state index in [0.717, 1.165) is 13.0 Å². The lowest BCUT2D eigenvalue weighted by Gasteiger charge is -2.31. The number of nitrogens with one attached hydrogen (secondary N) is 2. The van der Waals surface area contributed by atoms with Crippen LogP contribution in [-0.4, -0.2) is 25.5 Å². The zero-order chi connectivity index (χ0) is 11.5. The molecule has 1 amide bonds. The topological polar surface area (TPSA) is 41.1 Å². The molecule has 2 unspecified atom stereocenters. The number of benzene rings is 1. The number of hydrogen-bond donors (Lipinski definition) is 2. The summed E-state index contributed by atoms with van der Waals surface area (Å²) in [6.45, 7) is 2.77. The van der Waals surface area contributed by atoms with E-state index in [1.54, 1.807) is 7.05 Å². The van der Waals surface area contributed by atoms with Crippen LogP contribution in [0.25, 0.3) is 0 Å². The van der Waals surface area contributed by atoms with Crippen molar-refractivity contribution in [3.63, 3.8) is 0 Å². The first-order valence-corrected chi connectivity index (χ1v) is 5.75. The monoisotopic (exact) mass is 218 g/mol. The summed E-state index contributed by atoms with van der Waals surface area (Å²) in [5.41, 5.74) is 2.88. The van der Waals surface area contributed by atoms with E-state index < -0.39 is 0 Å². The van der Waals surface area contributed by atoms with Crippen LogP contribution in [-0.2, 0) is 11.2 Å². The lowest BCUT2D eigenvalue weighted by Crippen LogP contribution is -2.43. The average molecular weight is 218 g/mol. The molecule has 86 valence electrons. The van der Waals surface area contributed by atoms with E-state index in [0.29, 0.717) is 5.92 Å². The minimum atomic E-state index is -0.113. The third kappa shape index (κ3) is 2.09. The number of amides is 1. The fourth-order valence-corrected chi connectivity index (χ4v) is 2.17. The minimum Gasteiger partial charge on any atom is -0.358 e. The van der Waals surface area contributed by atoms with Crippen LogP contribution in [0.1, 0.15) is 24.0 Å². The smallest absolute Gasteiger partial charge is 0.236 e. The summed E-state index contributed by atoms with van der Waals surface area (Å²) in [6.07, 6.45) is 1.13. The van der Waals surface area contributed by atoms with Crippen molar-refractivity contribution in [2.75, 3.05) is 13.6 Å². The number of carbonyl (C=O) groups excluding carboxylic acids is 1. The molecule has 1 aromatic rings. The number of hydrogen-bond acceptors (Lipinski definition) is 2. The summed E-state index contributed by atoms with van der Waals surface area (Å²) in [6, 6.07) is 8.39. The maximum atomic E-state index is 11.3. The van der Waals surface area contributed by atoms with Gasteiger partial charge < -0.3 is 10.6 Å². The van der Waals surface area contributed by atoms with Gasteiger partial charge in [0.1, 0.15) is 0 Å². The predicted octanol–water partition coefficient (Wildman–Crippen LogP) is 1.05. The molecule has 3 heteroatoms. The molecule has 2 rings (SSSR count). The summed E-state index contributed by atoms with van der Waals surface area (Å²) < 4.78 is 0. The SMILES string of the molecule is CNC(=O)C(C)NCC1Cc2ccccc21. The summed E-state index contributed by atoms with van der Waals surface area (Å²) in [4.78, 5) is 11.3. The molecule has 16 heavy (non-hydrogen) atoms. The second kappa shape index (κ2) is 4.66. The van der Waals surface area contributed by atoms with E-state index >= 15 is 0 Å². The Hall–Kier alpha value is -1.35. The molecule has 2 atom stereocenters. The molecule has 0 spiro atoms. The van der Waals surface area contributed by atoms with Crippen molar-refractivity contribution in [1.82, 2.24) is 10.6 Å². The predicted molar refractivity (Wildman–Crippen MR) is 64.4 cm³/mol. The van der Waals surface area contributed by atoms with Gasteiger partial charge in [0.05, 0.1) is 6.04 Å². The molecule has 0 saturated heterocycles. The van der Waals surface area contributed by atoms with Crippen molar-refractivity contribution in [1.29, 1.82) is 0 Å². The van der Waals surface area contributed by atoms with Crippen molar-refractivity contribution in [2.45, 2.75) is 25.3 Å². The van der Waals surface area contributed by atoms with E-state index in [2.05, 4.69) is 34.9 Å². The van der Waals surface area contributed by atoms with Crippen molar-refractivity contribution >= 4 is 5.91 Å². The van der Waals surface area contributed by atoms with Gasteiger partial charge in [-0.15, -0.1) is 0 Å². The highest BCUT2D eigenvalue weighted by molar-refractivity contribution is 5.80. The van der Waals surface area contributed by atoms with Crippen LogP contribution in [0.3, 0.4) is 0 Å². The Morgan fingerprint density at radius 3 is 2.94 bits per heavy atom. The molecule has 1 aliphatic carbocycles. The molecule has 0 heterocycles. The first kappa shape index (κ1) is 11.1. The number of fused-ring (bicyclic) bond motifs is 1. The van der Waals surface area contributed by atoms with Crippen molar-refractivity contribution < 1.29 is 4.79 Å². The summed E-state index contributed by atoms with van der Waals surface area (Å²) in [5, 5.41) is 5.91. The Morgan fingerprint density at radius 1 is 1.50 bits per heavy atom. The summed E-state index contributed by atoms with van der Waals surface area (Å²) in [7, 11) is 1.67. The summed E-state index contributed by atoms with van der Waals surface area (Å²) >= 11 is 0. The van der Waals surface area contributed by atoms with Crippen LogP contribution in [0.2, 0.25) is 0 Å². The van der Waals surface area contributed by atoms with E-state index in [9.17, 15) is 4.79 Å². The van der Waals surface area contributed by atoms with Gasteiger partial charge >= 0.3 is 0 Å². The number of rotatable bonds is 4. The van der Waals surface area contributed by atoms with Crippen LogP contribution in [0.15, 0.2) is 24.3 Å². The van der Waals surface area contributed by atoms with Crippen molar-refractivity contribution in [3.8, 4) is 0 Å². The highest BCUT2D eigenvalue weighted by atomic mass is 16.2. The Balaban J connectivity index is 1.84. The molecule has 0 radical (unpaired) electrons. The minimum absolute atomic E-state index is 0.0487. The summed E-state index contributed by atoms with van der Waals surface area (Å²) in [5.74, 6) is 0.621. The maximum absolute atomic E-state index is 11.3. The largest absolute Gasteiger partial charge is 0.358 e. The van der Waals surface area contributed by atoms with Crippen LogP contribution >= 0.6 is 0 Å². The Bertz CT molecular complexity index is 389. The molecule has 0 aliphatic heterocycles. The van der Waals surface area contributed by atoms with Gasteiger partial charge in [0.25, 0.3) is 0 Å². The molecule has 0 saturated carbocycles. The molecular weight excluding hydrogens is 200 g/mol. The second-order valence-corrected chi connectivity index (χ2v) is 4.34. The highest BCUT2D eigenvalue weighted by Gasteiger charge is 2.25. The first-order chi connectivity index (χ1) is 7.72. The lowest BCUT2D eigenvalue weighted by atomic mass is 9.77. The van der Waals surface area contributed by atoms with E-state index in [1.807, 2.05) is 6.92 Å². The molecule has 2 N–H and O–H groups in total.